The van der Waals surface area contributed by atoms with Crippen LogP contribution in [0, 0.1) is 17.8 Å². The molecule has 1 aliphatic carbocycles. The molecule has 2 aromatic rings. The lowest BCUT2D eigenvalue weighted by molar-refractivity contribution is -0.135. The van der Waals surface area contributed by atoms with Gasteiger partial charge in [-0.3, -0.25) is 9.59 Å². The molecular weight excluding hydrogens is 348 g/mol. The van der Waals surface area contributed by atoms with Crippen molar-refractivity contribution in [2.45, 2.75) is 25.7 Å². The molecule has 0 spiro atoms. The van der Waals surface area contributed by atoms with Crippen LogP contribution < -0.4 is 4.90 Å². The van der Waals surface area contributed by atoms with Gasteiger partial charge >= 0.3 is 0 Å². The Morgan fingerprint density at radius 2 is 1.54 bits per heavy atom. The molecule has 0 radical (unpaired) electrons. The molecule has 1 saturated carbocycles. The smallest absolute Gasteiger partial charge is 0.230 e. The van der Waals surface area contributed by atoms with Gasteiger partial charge in [0.1, 0.15) is 0 Å². The molecule has 1 heterocycles. The number of likely N-dealkylation sites (tertiary alicyclic amines) is 1. The van der Waals surface area contributed by atoms with Crippen molar-refractivity contribution in [1.82, 2.24) is 4.90 Å². The van der Waals surface area contributed by atoms with Gasteiger partial charge in [0.25, 0.3) is 0 Å². The highest BCUT2D eigenvalue weighted by Gasteiger charge is 2.50. The van der Waals surface area contributed by atoms with E-state index in [1.54, 1.807) is 11.9 Å². The summed E-state index contributed by atoms with van der Waals surface area (Å²) in [5.74, 6) is 0.609. The van der Waals surface area contributed by atoms with Gasteiger partial charge in [-0.25, -0.2) is 0 Å². The standard InChI is InChI=1S/C24H28N2O2/c1-25(20-10-6-3-7-11-20)23(27)21-17-22(21)24(28)26-14-12-19(13-15-26)16-18-8-4-2-5-9-18/h2-11,19,21-22H,12-17H2,1H3. The van der Waals surface area contributed by atoms with Gasteiger partial charge < -0.3 is 9.80 Å². The molecule has 1 saturated heterocycles. The van der Waals surface area contributed by atoms with E-state index in [0.717, 1.165) is 38.0 Å². The Hall–Kier alpha value is -2.62. The summed E-state index contributed by atoms with van der Waals surface area (Å²) in [6.07, 6.45) is 3.89. The first-order valence-corrected chi connectivity index (χ1v) is 10.3. The predicted molar refractivity (Wildman–Crippen MR) is 111 cm³/mol. The molecule has 2 aliphatic rings. The average Bonchev–Trinajstić information content (AvgIpc) is 3.55. The quantitative estimate of drug-likeness (QED) is 0.797. The highest BCUT2D eigenvalue weighted by Crippen LogP contribution is 2.42. The van der Waals surface area contributed by atoms with Crippen molar-refractivity contribution in [2.24, 2.45) is 17.8 Å². The number of anilines is 1. The van der Waals surface area contributed by atoms with Gasteiger partial charge in [0.15, 0.2) is 0 Å². The van der Waals surface area contributed by atoms with E-state index < -0.39 is 0 Å². The number of nitrogens with zero attached hydrogens (tertiary/aromatic N) is 2. The molecule has 0 aromatic heterocycles. The Morgan fingerprint density at radius 3 is 2.18 bits per heavy atom. The van der Waals surface area contributed by atoms with E-state index in [4.69, 9.17) is 0 Å². The molecule has 4 rings (SSSR count). The minimum absolute atomic E-state index is 0.0588. The second-order valence-corrected chi connectivity index (χ2v) is 8.14. The third-order valence-electron chi connectivity index (χ3n) is 6.19. The van der Waals surface area contributed by atoms with E-state index in [2.05, 4.69) is 24.3 Å². The van der Waals surface area contributed by atoms with E-state index in [-0.39, 0.29) is 23.7 Å². The highest BCUT2D eigenvalue weighted by atomic mass is 16.2. The number of benzene rings is 2. The van der Waals surface area contributed by atoms with Crippen molar-refractivity contribution < 1.29 is 9.59 Å². The first-order chi connectivity index (χ1) is 13.6. The van der Waals surface area contributed by atoms with E-state index >= 15 is 0 Å². The van der Waals surface area contributed by atoms with Gasteiger partial charge in [0.05, 0.1) is 11.8 Å². The van der Waals surface area contributed by atoms with Crippen LogP contribution in [0.25, 0.3) is 0 Å². The lowest BCUT2D eigenvalue weighted by Gasteiger charge is -2.32. The third kappa shape index (κ3) is 4.11. The summed E-state index contributed by atoms with van der Waals surface area (Å²) in [7, 11) is 1.80. The van der Waals surface area contributed by atoms with Crippen molar-refractivity contribution in [1.29, 1.82) is 0 Å². The van der Waals surface area contributed by atoms with Crippen LogP contribution in [-0.4, -0.2) is 36.9 Å². The maximum absolute atomic E-state index is 12.9. The van der Waals surface area contributed by atoms with Crippen molar-refractivity contribution >= 4 is 17.5 Å². The second kappa shape index (κ2) is 8.17. The zero-order chi connectivity index (χ0) is 19.5. The fourth-order valence-corrected chi connectivity index (χ4v) is 4.31. The number of hydrogen-bond donors (Lipinski definition) is 0. The van der Waals surface area contributed by atoms with Crippen molar-refractivity contribution in [3.63, 3.8) is 0 Å². The van der Waals surface area contributed by atoms with Crippen LogP contribution in [0.2, 0.25) is 0 Å². The Kier molecular flexibility index (Phi) is 5.47. The summed E-state index contributed by atoms with van der Waals surface area (Å²) < 4.78 is 0. The highest BCUT2D eigenvalue weighted by molar-refractivity contribution is 6.00. The van der Waals surface area contributed by atoms with Crippen LogP contribution in [-0.2, 0) is 16.0 Å². The number of hydrogen-bond acceptors (Lipinski definition) is 2. The summed E-state index contributed by atoms with van der Waals surface area (Å²) in [5.41, 5.74) is 2.26. The van der Waals surface area contributed by atoms with Gasteiger partial charge in [0, 0.05) is 25.8 Å². The molecule has 4 heteroatoms. The van der Waals surface area contributed by atoms with Crippen molar-refractivity contribution in [2.75, 3.05) is 25.0 Å². The topological polar surface area (TPSA) is 40.6 Å². The number of piperidine rings is 1. The maximum Gasteiger partial charge on any atom is 0.230 e. The first-order valence-electron chi connectivity index (χ1n) is 10.3. The molecule has 0 bridgehead atoms. The zero-order valence-corrected chi connectivity index (χ0v) is 16.5. The number of para-hydroxylation sites is 1. The maximum atomic E-state index is 12.9. The van der Waals surface area contributed by atoms with E-state index in [1.807, 2.05) is 41.3 Å². The lowest BCUT2D eigenvalue weighted by atomic mass is 9.90. The summed E-state index contributed by atoms with van der Waals surface area (Å²) in [6, 6.07) is 20.2. The molecule has 2 fully saturated rings. The fraction of sp³-hybridized carbons (Fsp3) is 0.417. The number of carbonyl (C=O) groups excluding carboxylic acids is 2. The molecule has 2 aromatic carbocycles. The molecule has 2 unspecified atom stereocenters. The van der Waals surface area contributed by atoms with Crippen LogP contribution in [0.15, 0.2) is 60.7 Å². The normalized spacial score (nSPS) is 22.0. The average molecular weight is 377 g/mol. The van der Waals surface area contributed by atoms with Gasteiger partial charge in [-0.1, -0.05) is 48.5 Å². The Morgan fingerprint density at radius 1 is 0.929 bits per heavy atom. The van der Waals surface area contributed by atoms with Gasteiger partial charge in [-0.15, -0.1) is 0 Å². The number of carbonyl (C=O) groups is 2. The van der Waals surface area contributed by atoms with Crippen molar-refractivity contribution in [3.05, 3.63) is 66.2 Å². The number of amides is 2. The summed E-state index contributed by atoms with van der Waals surface area (Å²) in [5, 5.41) is 0. The lowest BCUT2D eigenvalue weighted by Crippen LogP contribution is -2.40. The van der Waals surface area contributed by atoms with Crippen LogP contribution in [0.1, 0.15) is 24.8 Å². The molecule has 2 amide bonds. The molecule has 1 aliphatic heterocycles. The number of rotatable bonds is 5. The summed E-state index contributed by atoms with van der Waals surface area (Å²) in [4.78, 5) is 29.2. The molecule has 146 valence electrons. The Balaban J connectivity index is 1.27. The van der Waals surface area contributed by atoms with E-state index in [1.165, 1.54) is 5.56 Å². The SMILES string of the molecule is CN(C(=O)C1CC1C(=O)N1CCC(Cc2ccccc2)CC1)c1ccccc1. The van der Waals surface area contributed by atoms with E-state index in [0.29, 0.717) is 12.3 Å². The fourth-order valence-electron chi connectivity index (χ4n) is 4.31. The van der Waals surface area contributed by atoms with Crippen molar-refractivity contribution in [3.8, 4) is 0 Å². The monoisotopic (exact) mass is 376 g/mol. The molecule has 28 heavy (non-hydrogen) atoms. The third-order valence-corrected chi connectivity index (χ3v) is 6.19. The molecule has 4 nitrogen and oxygen atoms in total. The van der Waals surface area contributed by atoms with Crippen LogP contribution in [0.5, 0.6) is 0 Å². The van der Waals surface area contributed by atoms with Crippen LogP contribution in [0.4, 0.5) is 5.69 Å². The molecular formula is C24H28N2O2. The Labute approximate surface area is 167 Å². The summed E-state index contributed by atoms with van der Waals surface area (Å²) in [6.45, 7) is 1.64. The molecule has 2 atom stereocenters. The van der Waals surface area contributed by atoms with Gasteiger partial charge in [-0.2, -0.15) is 0 Å². The minimum atomic E-state index is -0.153. The van der Waals surface area contributed by atoms with E-state index in [9.17, 15) is 9.59 Å². The second-order valence-electron chi connectivity index (χ2n) is 8.14. The predicted octanol–water partition coefficient (Wildman–Crippen LogP) is 3.77. The first kappa shape index (κ1) is 18.7. The van der Waals surface area contributed by atoms with Crippen LogP contribution >= 0.6 is 0 Å². The largest absolute Gasteiger partial charge is 0.342 e. The van der Waals surface area contributed by atoms with Gasteiger partial charge in [0.2, 0.25) is 11.8 Å². The summed E-state index contributed by atoms with van der Waals surface area (Å²) >= 11 is 0. The van der Waals surface area contributed by atoms with Crippen LogP contribution in [0.3, 0.4) is 0 Å². The Bertz CT molecular complexity index is 813. The molecule has 0 N–H and O–H groups in total. The minimum Gasteiger partial charge on any atom is -0.342 e. The van der Waals surface area contributed by atoms with Gasteiger partial charge in [-0.05, 0) is 49.3 Å². The zero-order valence-electron chi connectivity index (χ0n) is 16.5.